The fourth-order valence-electron chi connectivity index (χ4n) is 0.790. The topological polar surface area (TPSA) is 35.5 Å². The van der Waals surface area contributed by atoms with Gasteiger partial charge in [-0.1, -0.05) is 37.5 Å². The zero-order chi connectivity index (χ0) is 12.9. The van der Waals surface area contributed by atoms with Crippen LogP contribution in [0.25, 0.3) is 0 Å². The van der Waals surface area contributed by atoms with Gasteiger partial charge in [0.25, 0.3) is 0 Å². The van der Waals surface area contributed by atoms with Crippen LogP contribution in [0.1, 0.15) is 6.92 Å². The van der Waals surface area contributed by atoms with E-state index in [-0.39, 0.29) is 12.6 Å². The van der Waals surface area contributed by atoms with Crippen LogP contribution < -0.4 is 0 Å². The zero-order valence-corrected chi connectivity index (χ0v) is 10.1. The summed E-state index contributed by atoms with van der Waals surface area (Å²) in [4.78, 5) is 11.0. The van der Waals surface area contributed by atoms with E-state index in [1.807, 2.05) is 24.3 Å². The fourth-order valence-corrected chi connectivity index (χ4v) is 0.790. The van der Waals surface area contributed by atoms with Gasteiger partial charge in [0.15, 0.2) is 0 Å². The molecule has 0 radical (unpaired) electrons. The molecule has 0 saturated heterocycles. The molecular formula is C14H18O3. The number of ether oxygens (including phenoxy) is 2. The first-order valence-electron chi connectivity index (χ1n) is 5.26. The molecule has 0 rings (SSSR count). The predicted molar refractivity (Wildman–Crippen MR) is 68.6 cm³/mol. The Morgan fingerprint density at radius 3 is 2.71 bits per heavy atom. The van der Waals surface area contributed by atoms with Gasteiger partial charge < -0.3 is 9.47 Å². The van der Waals surface area contributed by atoms with Crippen molar-refractivity contribution < 1.29 is 14.3 Å². The number of allylic oxidation sites excluding steroid dienone is 4. The van der Waals surface area contributed by atoms with E-state index in [0.717, 1.165) is 0 Å². The molecule has 0 N–H and O–H groups in total. The van der Waals surface area contributed by atoms with E-state index in [9.17, 15) is 4.79 Å². The number of hydrogen-bond acceptors (Lipinski definition) is 3. The molecule has 0 heterocycles. The lowest BCUT2D eigenvalue weighted by Crippen LogP contribution is -2.10. The highest BCUT2D eigenvalue weighted by Crippen LogP contribution is 1.91. The van der Waals surface area contributed by atoms with Crippen LogP contribution in [0.15, 0.2) is 54.8 Å². The third-order valence-electron chi connectivity index (χ3n) is 1.60. The highest BCUT2D eigenvalue weighted by molar-refractivity contribution is 5.86. The minimum atomic E-state index is -0.386. The average molecular weight is 234 g/mol. The summed E-state index contributed by atoms with van der Waals surface area (Å²) in [7, 11) is 0. The van der Waals surface area contributed by atoms with E-state index in [0.29, 0.717) is 18.8 Å². The van der Waals surface area contributed by atoms with Gasteiger partial charge >= 0.3 is 5.97 Å². The Kier molecular flexibility index (Phi) is 9.53. The summed E-state index contributed by atoms with van der Waals surface area (Å²) in [6, 6.07) is 0. The minimum Gasteiger partial charge on any atom is -0.460 e. The first-order chi connectivity index (χ1) is 8.18. The van der Waals surface area contributed by atoms with Crippen LogP contribution in [0.2, 0.25) is 0 Å². The molecule has 0 aliphatic carbocycles. The third-order valence-corrected chi connectivity index (χ3v) is 1.60. The van der Waals surface area contributed by atoms with Crippen LogP contribution in [0.4, 0.5) is 0 Å². The van der Waals surface area contributed by atoms with Gasteiger partial charge in [0.1, 0.15) is 6.61 Å². The van der Waals surface area contributed by atoms with E-state index >= 15 is 0 Å². The maximum Gasteiger partial charge on any atom is 0.333 e. The molecular weight excluding hydrogens is 216 g/mol. The first kappa shape index (κ1) is 15.2. The smallest absolute Gasteiger partial charge is 0.333 e. The molecule has 0 fully saturated rings. The molecule has 0 aromatic rings. The van der Waals surface area contributed by atoms with Crippen LogP contribution in [-0.2, 0) is 14.3 Å². The quantitative estimate of drug-likeness (QED) is 0.213. The Bertz CT molecular complexity index is 344. The van der Waals surface area contributed by atoms with Crippen LogP contribution in [-0.4, -0.2) is 25.8 Å². The summed E-state index contributed by atoms with van der Waals surface area (Å²) in [6.07, 6.45) is 9.09. The monoisotopic (exact) mass is 234 g/mol. The van der Waals surface area contributed by atoms with Crippen molar-refractivity contribution in [3.05, 3.63) is 54.8 Å². The Morgan fingerprint density at radius 1 is 1.29 bits per heavy atom. The molecule has 3 heteroatoms. The number of hydrogen-bond donors (Lipinski definition) is 0. The molecule has 0 aliphatic rings. The second-order valence-electron chi connectivity index (χ2n) is 3.18. The molecule has 0 aromatic heterocycles. The highest BCUT2D eigenvalue weighted by atomic mass is 16.6. The van der Waals surface area contributed by atoms with E-state index < -0.39 is 0 Å². The SMILES string of the molecule is C=C=C/C=C\C=C/COCCOC(=O)C(=C)C. The zero-order valence-electron chi connectivity index (χ0n) is 10.1. The standard InChI is InChI=1S/C14H18O3/c1-4-5-6-7-8-9-10-16-11-12-17-14(15)13(2)3/h5-9H,1-2,10-12H2,3H3/b7-6-,9-8-. The van der Waals surface area contributed by atoms with Crippen LogP contribution in [0, 0.1) is 0 Å². The average Bonchev–Trinajstić information content (AvgIpc) is 2.31. The summed E-state index contributed by atoms with van der Waals surface area (Å²) in [5.74, 6) is -0.386. The van der Waals surface area contributed by atoms with Gasteiger partial charge in [0.05, 0.1) is 13.2 Å². The number of rotatable bonds is 8. The van der Waals surface area contributed by atoms with Crippen molar-refractivity contribution in [2.75, 3.05) is 19.8 Å². The summed E-state index contributed by atoms with van der Waals surface area (Å²) >= 11 is 0. The number of carbonyl (C=O) groups excluding carboxylic acids is 1. The second-order valence-corrected chi connectivity index (χ2v) is 3.18. The molecule has 0 atom stereocenters. The number of esters is 1. The Labute approximate surface area is 102 Å². The van der Waals surface area contributed by atoms with Crippen molar-refractivity contribution in [1.82, 2.24) is 0 Å². The van der Waals surface area contributed by atoms with Gasteiger partial charge in [-0.25, -0.2) is 4.79 Å². The van der Waals surface area contributed by atoms with Crippen molar-refractivity contribution >= 4 is 5.97 Å². The second kappa shape index (κ2) is 10.7. The van der Waals surface area contributed by atoms with Gasteiger partial charge in [-0.3, -0.25) is 0 Å². The predicted octanol–water partition coefficient (Wildman–Crippen LogP) is 2.58. The third kappa shape index (κ3) is 10.5. The Balaban J connectivity index is 3.44. The molecule has 0 aliphatic heterocycles. The Hall–Kier alpha value is -1.83. The van der Waals surface area contributed by atoms with E-state index in [4.69, 9.17) is 9.47 Å². The molecule has 3 nitrogen and oxygen atoms in total. The van der Waals surface area contributed by atoms with Crippen LogP contribution >= 0.6 is 0 Å². The summed E-state index contributed by atoms with van der Waals surface area (Å²) in [6.45, 7) is 9.60. The largest absolute Gasteiger partial charge is 0.460 e. The molecule has 92 valence electrons. The highest BCUT2D eigenvalue weighted by Gasteiger charge is 2.01. The lowest BCUT2D eigenvalue weighted by Gasteiger charge is -2.03. The van der Waals surface area contributed by atoms with Gasteiger partial charge in [-0.2, -0.15) is 0 Å². The van der Waals surface area contributed by atoms with Gasteiger partial charge in [-0.15, -0.1) is 5.73 Å². The van der Waals surface area contributed by atoms with E-state index in [2.05, 4.69) is 18.9 Å². The molecule has 0 saturated carbocycles. The summed E-state index contributed by atoms with van der Waals surface area (Å²) in [5.41, 5.74) is 3.02. The molecule has 17 heavy (non-hydrogen) atoms. The van der Waals surface area contributed by atoms with Gasteiger partial charge in [0, 0.05) is 5.57 Å². The van der Waals surface area contributed by atoms with Gasteiger partial charge in [0.2, 0.25) is 0 Å². The number of carbonyl (C=O) groups is 1. The van der Waals surface area contributed by atoms with E-state index in [1.165, 1.54) is 0 Å². The van der Waals surface area contributed by atoms with Gasteiger partial charge in [-0.05, 0) is 13.0 Å². The Morgan fingerprint density at radius 2 is 2.06 bits per heavy atom. The first-order valence-corrected chi connectivity index (χ1v) is 5.26. The van der Waals surface area contributed by atoms with E-state index in [1.54, 1.807) is 13.0 Å². The van der Waals surface area contributed by atoms with Crippen LogP contribution in [0.5, 0.6) is 0 Å². The van der Waals surface area contributed by atoms with Crippen molar-refractivity contribution in [1.29, 1.82) is 0 Å². The van der Waals surface area contributed by atoms with Crippen molar-refractivity contribution in [2.24, 2.45) is 0 Å². The molecule has 0 bridgehead atoms. The van der Waals surface area contributed by atoms with Crippen LogP contribution in [0.3, 0.4) is 0 Å². The lowest BCUT2D eigenvalue weighted by atomic mass is 10.4. The normalized spacial score (nSPS) is 10.4. The molecule has 0 spiro atoms. The van der Waals surface area contributed by atoms with Crippen molar-refractivity contribution in [3.63, 3.8) is 0 Å². The molecule has 0 amide bonds. The van der Waals surface area contributed by atoms with Crippen molar-refractivity contribution in [2.45, 2.75) is 6.92 Å². The maximum atomic E-state index is 11.0. The summed E-state index contributed by atoms with van der Waals surface area (Å²) in [5, 5.41) is 0. The molecule has 0 aromatic carbocycles. The summed E-state index contributed by atoms with van der Waals surface area (Å²) < 4.78 is 10.0. The fraction of sp³-hybridized carbons (Fsp3) is 0.286. The lowest BCUT2D eigenvalue weighted by molar-refractivity contribution is -0.140. The minimum absolute atomic E-state index is 0.245. The maximum absolute atomic E-state index is 11.0. The molecule has 0 unspecified atom stereocenters. The van der Waals surface area contributed by atoms with Crippen molar-refractivity contribution in [3.8, 4) is 0 Å².